The van der Waals surface area contributed by atoms with Crippen LogP contribution < -0.4 is 21.1 Å². The molecule has 0 saturated carbocycles. The van der Waals surface area contributed by atoms with Gasteiger partial charge in [-0.2, -0.15) is 0 Å². The number of hydrogen-bond acceptors (Lipinski definition) is 4. The Labute approximate surface area is 216 Å². The quantitative estimate of drug-likeness (QED) is 0.257. The van der Waals surface area contributed by atoms with Gasteiger partial charge in [-0.15, -0.1) is 24.0 Å². The lowest BCUT2D eigenvalue weighted by Gasteiger charge is -2.20. The summed E-state index contributed by atoms with van der Waals surface area (Å²) in [5, 5.41) is 6.75. The Balaban J connectivity index is 0.00000324. The second-order valence-electron chi connectivity index (χ2n) is 8.06. The molecular weight excluding hydrogens is 546 g/mol. The van der Waals surface area contributed by atoms with Crippen LogP contribution in [-0.4, -0.2) is 41.2 Å². The number of nitrogens with zero attached hydrogens (tertiary/aromatic N) is 4. The molecule has 0 amide bonds. The zero-order valence-corrected chi connectivity index (χ0v) is 21.5. The first-order chi connectivity index (χ1) is 16.1. The molecule has 2 aromatic heterocycles. The molecule has 1 fully saturated rings. The summed E-state index contributed by atoms with van der Waals surface area (Å²) < 4.78 is 15.7. The van der Waals surface area contributed by atoms with E-state index >= 15 is 0 Å². The zero-order valence-electron chi connectivity index (χ0n) is 19.2. The highest BCUT2D eigenvalue weighted by Crippen LogP contribution is 2.20. The van der Waals surface area contributed by atoms with Gasteiger partial charge in [-0.3, -0.25) is 4.79 Å². The third-order valence-electron chi connectivity index (χ3n) is 5.61. The summed E-state index contributed by atoms with van der Waals surface area (Å²) in [6, 6.07) is 16.5. The summed E-state index contributed by atoms with van der Waals surface area (Å²) >= 11 is 0. The van der Waals surface area contributed by atoms with Crippen LogP contribution in [0.2, 0.25) is 0 Å². The third-order valence-corrected chi connectivity index (χ3v) is 5.61. The molecule has 4 rings (SSSR count). The molecule has 34 heavy (non-hydrogen) atoms. The Bertz CT molecular complexity index is 1150. The van der Waals surface area contributed by atoms with E-state index in [9.17, 15) is 9.18 Å². The Morgan fingerprint density at radius 1 is 1.15 bits per heavy atom. The first-order valence-electron chi connectivity index (χ1n) is 11.3. The summed E-state index contributed by atoms with van der Waals surface area (Å²) in [4.78, 5) is 22.8. The number of guanidine groups is 1. The maximum atomic E-state index is 14.1. The van der Waals surface area contributed by atoms with Crippen molar-refractivity contribution in [2.45, 2.75) is 32.5 Å². The van der Waals surface area contributed by atoms with Crippen molar-refractivity contribution in [3.63, 3.8) is 0 Å². The van der Waals surface area contributed by atoms with Crippen molar-refractivity contribution < 1.29 is 4.39 Å². The van der Waals surface area contributed by atoms with Crippen molar-refractivity contribution in [3.8, 4) is 0 Å². The minimum atomic E-state index is -0.292. The molecule has 0 aliphatic carbocycles. The molecule has 1 atom stereocenters. The molecule has 180 valence electrons. The molecule has 9 heteroatoms. The summed E-state index contributed by atoms with van der Waals surface area (Å²) in [5.74, 6) is 0.853. The molecule has 3 heterocycles. The average Bonchev–Trinajstić information content (AvgIpc) is 3.28. The number of benzene rings is 1. The minimum absolute atomic E-state index is 0. The van der Waals surface area contributed by atoms with E-state index in [1.165, 1.54) is 6.07 Å². The van der Waals surface area contributed by atoms with Crippen LogP contribution in [-0.2, 0) is 13.1 Å². The molecule has 0 bridgehead atoms. The highest BCUT2D eigenvalue weighted by Gasteiger charge is 2.25. The summed E-state index contributed by atoms with van der Waals surface area (Å²) in [5.41, 5.74) is 2.14. The summed E-state index contributed by atoms with van der Waals surface area (Å²) in [6.45, 7) is 5.28. The zero-order chi connectivity index (χ0) is 23.0. The van der Waals surface area contributed by atoms with Crippen LogP contribution in [0.15, 0.2) is 76.8 Å². The van der Waals surface area contributed by atoms with E-state index in [0.717, 1.165) is 36.6 Å². The minimum Gasteiger partial charge on any atom is -0.357 e. The van der Waals surface area contributed by atoms with E-state index < -0.39 is 0 Å². The number of halogens is 2. The maximum Gasteiger partial charge on any atom is 0.250 e. The molecule has 2 N–H and O–H groups in total. The van der Waals surface area contributed by atoms with E-state index in [-0.39, 0.29) is 41.4 Å². The largest absolute Gasteiger partial charge is 0.357 e. The normalized spacial score (nSPS) is 15.6. The van der Waals surface area contributed by atoms with Crippen LogP contribution in [0.25, 0.3) is 0 Å². The number of hydrogen-bond donors (Lipinski definition) is 2. The molecule has 1 aliphatic heterocycles. The van der Waals surface area contributed by atoms with Crippen molar-refractivity contribution in [1.29, 1.82) is 0 Å². The first kappa shape index (κ1) is 25.7. The van der Waals surface area contributed by atoms with Gasteiger partial charge in [-0.25, -0.2) is 14.4 Å². The number of aromatic nitrogens is 2. The third kappa shape index (κ3) is 6.78. The number of pyridine rings is 2. The molecule has 1 unspecified atom stereocenters. The van der Waals surface area contributed by atoms with E-state index in [1.54, 1.807) is 35.2 Å². The monoisotopic (exact) mass is 576 g/mol. The molecule has 7 nitrogen and oxygen atoms in total. The molecule has 0 radical (unpaired) electrons. The van der Waals surface area contributed by atoms with Crippen LogP contribution in [0.3, 0.4) is 0 Å². The number of anilines is 1. The van der Waals surface area contributed by atoms with Gasteiger partial charge in [0, 0.05) is 44.1 Å². The van der Waals surface area contributed by atoms with Crippen molar-refractivity contribution >= 4 is 35.8 Å². The Morgan fingerprint density at radius 2 is 1.94 bits per heavy atom. The van der Waals surface area contributed by atoms with Gasteiger partial charge in [0.25, 0.3) is 5.56 Å². The molecule has 3 aromatic rings. The Hall–Kier alpha value is -2.95. The van der Waals surface area contributed by atoms with Gasteiger partial charge in [-0.1, -0.05) is 30.3 Å². The Morgan fingerprint density at radius 3 is 2.68 bits per heavy atom. The van der Waals surface area contributed by atoms with Gasteiger partial charge < -0.3 is 20.1 Å². The molecule has 1 aliphatic rings. The smallest absolute Gasteiger partial charge is 0.250 e. The van der Waals surface area contributed by atoms with Gasteiger partial charge in [-0.05, 0) is 42.7 Å². The lowest BCUT2D eigenvalue weighted by atomic mass is 10.1. The second kappa shape index (κ2) is 12.5. The van der Waals surface area contributed by atoms with Gasteiger partial charge in [0.2, 0.25) is 0 Å². The van der Waals surface area contributed by atoms with Crippen LogP contribution in [0.1, 0.15) is 24.5 Å². The van der Waals surface area contributed by atoms with Gasteiger partial charge in [0.15, 0.2) is 17.6 Å². The first-order valence-corrected chi connectivity index (χ1v) is 11.3. The molecule has 0 spiro atoms. The van der Waals surface area contributed by atoms with Gasteiger partial charge in [0.1, 0.15) is 0 Å². The van der Waals surface area contributed by atoms with Crippen molar-refractivity contribution in [3.05, 3.63) is 94.3 Å². The van der Waals surface area contributed by atoms with E-state index in [1.807, 2.05) is 42.2 Å². The summed E-state index contributed by atoms with van der Waals surface area (Å²) in [6.07, 6.45) is 4.30. The van der Waals surface area contributed by atoms with Crippen LogP contribution in [0.5, 0.6) is 0 Å². The van der Waals surface area contributed by atoms with Gasteiger partial charge >= 0.3 is 0 Å². The molecular formula is C25H30FIN6O. The molecule has 1 aromatic carbocycles. The standard InChI is InChI=1S/C25H29FN6O.HI/c1-2-27-25(30-21-12-15-32(18-21)24-22(26)6-5-13-28-24)29-16-19-8-10-20(11-9-19)17-31-14-4-3-7-23(31)33;/h3-11,13-14,21H,2,12,15-18H2,1H3,(H2,27,29,30);1H. The highest BCUT2D eigenvalue weighted by molar-refractivity contribution is 14.0. The van der Waals surface area contributed by atoms with Gasteiger partial charge in [0.05, 0.1) is 13.1 Å². The fraction of sp³-hybridized carbons (Fsp3) is 0.320. The number of nitrogens with one attached hydrogen (secondary N) is 2. The maximum absolute atomic E-state index is 14.1. The number of aliphatic imine (C=N–C) groups is 1. The fourth-order valence-electron chi connectivity index (χ4n) is 3.90. The summed E-state index contributed by atoms with van der Waals surface area (Å²) in [7, 11) is 0. The SMILES string of the molecule is CCNC(=NCc1ccc(Cn2ccccc2=O)cc1)NC1CCN(c2ncccc2F)C1.I. The number of rotatable bonds is 7. The van der Waals surface area contributed by atoms with Crippen LogP contribution in [0.4, 0.5) is 10.2 Å². The van der Waals surface area contributed by atoms with Crippen molar-refractivity contribution in [1.82, 2.24) is 20.2 Å². The van der Waals surface area contributed by atoms with Crippen molar-refractivity contribution in [2.75, 3.05) is 24.5 Å². The van der Waals surface area contributed by atoms with E-state index in [2.05, 4.69) is 15.6 Å². The molecule has 1 saturated heterocycles. The average molecular weight is 576 g/mol. The lowest BCUT2D eigenvalue weighted by Crippen LogP contribution is -2.44. The predicted molar refractivity (Wildman–Crippen MR) is 144 cm³/mol. The lowest BCUT2D eigenvalue weighted by molar-refractivity contribution is 0.612. The van der Waals surface area contributed by atoms with E-state index in [4.69, 9.17) is 4.99 Å². The van der Waals surface area contributed by atoms with E-state index in [0.29, 0.717) is 25.5 Å². The predicted octanol–water partition coefficient (Wildman–Crippen LogP) is 3.38. The highest BCUT2D eigenvalue weighted by atomic mass is 127. The Kier molecular flexibility index (Phi) is 9.43. The fourth-order valence-corrected chi connectivity index (χ4v) is 3.90. The van der Waals surface area contributed by atoms with Crippen LogP contribution in [0, 0.1) is 5.82 Å². The van der Waals surface area contributed by atoms with Crippen molar-refractivity contribution in [2.24, 2.45) is 4.99 Å². The second-order valence-corrected chi connectivity index (χ2v) is 8.06. The van der Waals surface area contributed by atoms with Crippen LogP contribution >= 0.6 is 24.0 Å². The topological polar surface area (TPSA) is 74.6 Å².